The van der Waals surface area contributed by atoms with Crippen LogP contribution in [0, 0.1) is 0 Å². The molecule has 122 valence electrons. The molecule has 1 saturated heterocycles. The zero-order valence-corrected chi connectivity index (χ0v) is 12.1. The van der Waals surface area contributed by atoms with Crippen LogP contribution in [0.2, 0.25) is 0 Å². The van der Waals surface area contributed by atoms with Crippen LogP contribution in [0.5, 0.6) is 5.88 Å². The minimum atomic E-state index is -4.20. The lowest BCUT2D eigenvalue weighted by Gasteiger charge is -2.31. The van der Waals surface area contributed by atoms with E-state index in [9.17, 15) is 18.0 Å². The summed E-state index contributed by atoms with van der Waals surface area (Å²) in [4.78, 5) is 17.3. The smallest absolute Gasteiger partial charge is 0.401 e. The lowest BCUT2D eigenvalue weighted by atomic mass is 10.1. The summed E-state index contributed by atoms with van der Waals surface area (Å²) in [6.07, 6.45) is -2.34. The first-order valence-corrected chi connectivity index (χ1v) is 6.88. The predicted octanol–water partition coefficient (Wildman–Crippen LogP) is 2.27. The summed E-state index contributed by atoms with van der Waals surface area (Å²) in [6.45, 7) is -0.423. The van der Waals surface area contributed by atoms with E-state index in [4.69, 9.17) is 9.47 Å². The standard InChI is InChI=1S/C14H17F3N2O3/c1-21-12-11(3-2-6-18-12)13(20)22-10-4-7-19(8-5-10)9-14(15,16)17/h2-3,6,10H,4-5,7-9H2,1H3. The summed E-state index contributed by atoms with van der Waals surface area (Å²) in [5.74, 6) is -0.402. The average molecular weight is 318 g/mol. The molecule has 1 aromatic heterocycles. The van der Waals surface area contributed by atoms with Gasteiger partial charge < -0.3 is 9.47 Å². The van der Waals surface area contributed by atoms with Gasteiger partial charge in [-0.1, -0.05) is 0 Å². The molecule has 22 heavy (non-hydrogen) atoms. The molecule has 8 heteroatoms. The molecule has 1 aliphatic heterocycles. The maximum Gasteiger partial charge on any atom is 0.401 e. The quantitative estimate of drug-likeness (QED) is 0.797. The van der Waals surface area contributed by atoms with Crippen LogP contribution < -0.4 is 4.74 Å². The fourth-order valence-corrected chi connectivity index (χ4v) is 2.36. The van der Waals surface area contributed by atoms with Gasteiger partial charge in [0.25, 0.3) is 0 Å². The van der Waals surface area contributed by atoms with Gasteiger partial charge >= 0.3 is 12.1 Å². The fourth-order valence-electron chi connectivity index (χ4n) is 2.36. The molecule has 1 aromatic rings. The first kappa shape index (κ1) is 16.5. The number of piperidine rings is 1. The minimum absolute atomic E-state index is 0.169. The summed E-state index contributed by atoms with van der Waals surface area (Å²) in [7, 11) is 1.40. The van der Waals surface area contributed by atoms with Crippen molar-refractivity contribution in [2.24, 2.45) is 0 Å². The predicted molar refractivity (Wildman–Crippen MR) is 71.7 cm³/mol. The fraction of sp³-hybridized carbons (Fsp3) is 0.571. The van der Waals surface area contributed by atoms with Gasteiger partial charge in [0.15, 0.2) is 0 Å². The SMILES string of the molecule is COc1ncccc1C(=O)OC1CCN(CC(F)(F)F)CC1. The largest absolute Gasteiger partial charge is 0.480 e. The van der Waals surface area contributed by atoms with Crippen molar-refractivity contribution in [2.75, 3.05) is 26.7 Å². The lowest BCUT2D eigenvalue weighted by Crippen LogP contribution is -2.42. The second-order valence-corrected chi connectivity index (χ2v) is 5.06. The van der Waals surface area contributed by atoms with Gasteiger partial charge in [0.2, 0.25) is 5.88 Å². The Hall–Kier alpha value is -1.83. The molecule has 0 amide bonds. The van der Waals surface area contributed by atoms with Crippen molar-refractivity contribution in [3.63, 3.8) is 0 Å². The van der Waals surface area contributed by atoms with Gasteiger partial charge in [-0.25, -0.2) is 9.78 Å². The van der Waals surface area contributed by atoms with Gasteiger partial charge in [0.05, 0.1) is 13.7 Å². The highest BCUT2D eigenvalue weighted by atomic mass is 19.4. The van der Waals surface area contributed by atoms with E-state index in [-0.39, 0.29) is 30.6 Å². The van der Waals surface area contributed by atoms with Gasteiger partial charge in [0, 0.05) is 19.3 Å². The molecule has 0 saturated carbocycles. The molecule has 2 rings (SSSR count). The molecule has 0 N–H and O–H groups in total. The Morgan fingerprint density at radius 2 is 2.09 bits per heavy atom. The van der Waals surface area contributed by atoms with E-state index >= 15 is 0 Å². The van der Waals surface area contributed by atoms with Crippen molar-refractivity contribution in [3.8, 4) is 5.88 Å². The third-order valence-electron chi connectivity index (χ3n) is 3.40. The first-order valence-electron chi connectivity index (χ1n) is 6.88. The number of hydrogen-bond donors (Lipinski definition) is 0. The number of pyridine rings is 1. The summed E-state index contributed by atoms with van der Waals surface area (Å²) >= 11 is 0. The van der Waals surface area contributed by atoms with E-state index in [1.54, 1.807) is 6.07 Å². The van der Waals surface area contributed by atoms with Crippen LogP contribution >= 0.6 is 0 Å². The summed E-state index contributed by atoms with van der Waals surface area (Å²) in [5.41, 5.74) is 0.211. The number of aromatic nitrogens is 1. The third-order valence-corrected chi connectivity index (χ3v) is 3.40. The minimum Gasteiger partial charge on any atom is -0.480 e. The number of hydrogen-bond acceptors (Lipinski definition) is 5. The monoisotopic (exact) mass is 318 g/mol. The lowest BCUT2D eigenvalue weighted by molar-refractivity contribution is -0.150. The summed E-state index contributed by atoms with van der Waals surface area (Å²) < 4.78 is 47.2. The zero-order valence-electron chi connectivity index (χ0n) is 12.1. The van der Waals surface area contributed by atoms with Crippen molar-refractivity contribution >= 4 is 5.97 Å². The number of ether oxygens (including phenoxy) is 2. The van der Waals surface area contributed by atoms with Gasteiger partial charge in [-0.3, -0.25) is 4.90 Å². The van der Waals surface area contributed by atoms with Crippen molar-refractivity contribution in [2.45, 2.75) is 25.1 Å². The molecule has 1 fully saturated rings. The van der Waals surface area contributed by atoms with Crippen LogP contribution in [0.4, 0.5) is 13.2 Å². The molecular formula is C14H17F3N2O3. The van der Waals surface area contributed by atoms with Crippen molar-refractivity contribution in [1.29, 1.82) is 0 Å². The highest BCUT2D eigenvalue weighted by Gasteiger charge is 2.33. The number of esters is 1. The van der Waals surface area contributed by atoms with Crippen molar-refractivity contribution in [3.05, 3.63) is 23.9 Å². The van der Waals surface area contributed by atoms with Crippen LogP contribution in [0.1, 0.15) is 23.2 Å². The van der Waals surface area contributed by atoms with Crippen LogP contribution in [-0.4, -0.2) is 54.9 Å². The Balaban J connectivity index is 1.87. The Morgan fingerprint density at radius 3 is 2.68 bits per heavy atom. The molecule has 0 bridgehead atoms. The van der Waals surface area contributed by atoms with E-state index in [0.717, 1.165) is 0 Å². The molecule has 0 unspecified atom stereocenters. The van der Waals surface area contributed by atoms with E-state index in [1.807, 2.05) is 0 Å². The van der Waals surface area contributed by atoms with Gasteiger partial charge in [-0.15, -0.1) is 0 Å². The molecule has 0 aromatic carbocycles. The van der Waals surface area contributed by atoms with Crippen molar-refractivity contribution < 1.29 is 27.4 Å². The second-order valence-electron chi connectivity index (χ2n) is 5.06. The molecule has 5 nitrogen and oxygen atoms in total. The van der Waals surface area contributed by atoms with Gasteiger partial charge in [0.1, 0.15) is 11.7 Å². The maximum atomic E-state index is 12.3. The van der Waals surface area contributed by atoms with E-state index in [1.165, 1.54) is 24.3 Å². The highest BCUT2D eigenvalue weighted by Crippen LogP contribution is 2.22. The topological polar surface area (TPSA) is 51.7 Å². The normalized spacial score (nSPS) is 17.3. The van der Waals surface area contributed by atoms with Crippen LogP contribution in [-0.2, 0) is 4.74 Å². The summed E-state index contributed by atoms with van der Waals surface area (Å²) in [6, 6.07) is 3.12. The zero-order chi connectivity index (χ0) is 16.2. The number of likely N-dealkylation sites (tertiary alicyclic amines) is 1. The first-order chi connectivity index (χ1) is 10.4. The maximum absolute atomic E-state index is 12.3. The highest BCUT2D eigenvalue weighted by molar-refractivity contribution is 5.91. The van der Waals surface area contributed by atoms with Crippen LogP contribution in [0.15, 0.2) is 18.3 Å². The molecule has 0 aliphatic carbocycles. The molecule has 0 spiro atoms. The van der Waals surface area contributed by atoms with E-state index in [2.05, 4.69) is 4.98 Å². The van der Waals surface area contributed by atoms with Gasteiger partial charge in [-0.05, 0) is 25.0 Å². The number of rotatable bonds is 4. The Morgan fingerprint density at radius 1 is 1.41 bits per heavy atom. The molecule has 0 atom stereocenters. The Kier molecular flexibility index (Phi) is 5.23. The third kappa shape index (κ3) is 4.59. The van der Waals surface area contributed by atoms with Crippen molar-refractivity contribution in [1.82, 2.24) is 9.88 Å². The van der Waals surface area contributed by atoms with Crippen LogP contribution in [0.3, 0.4) is 0 Å². The number of nitrogens with zero attached hydrogens (tertiary/aromatic N) is 2. The number of alkyl halides is 3. The molecule has 1 aliphatic rings. The average Bonchev–Trinajstić information content (AvgIpc) is 2.47. The Labute approximate surface area is 126 Å². The number of carbonyl (C=O) groups excluding carboxylic acids is 1. The Bertz CT molecular complexity index is 514. The number of halogens is 3. The molecule has 2 heterocycles. The second kappa shape index (κ2) is 6.95. The molecular weight excluding hydrogens is 301 g/mol. The number of carbonyl (C=O) groups is 1. The van der Waals surface area contributed by atoms with Gasteiger partial charge in [-0.2, -0.15) is 13.2 Å². The van der Waals surface area contributed by atoms with Crippen LogP contribution in [0.25, 0.3) is 0 Å². The summed E-state index contributed by atoms with van der Waals surface area (Å²) in [5, 5.41) is 0. The molecule has 0 radical (unpaired) electrons. The number of methoxy groups -OCH3 is 1. The van der Waals surface area contributed by atoms with E-state index < -0.39 is 18.7 Å². The van der Waals surface area contributed by atoms with E-state index in [0.29, 0.717) is 12.8 Å².